The number of piperidine rings is 1. The van der Waals surface area contributed by atoms with Crippen molar-refractivity contribution in [1.82, 2.24) is 9.62 Å². The summed E-state index contributed by atoms with van der Waals surface area (Å²) < 4.78 is 41.1. The Morgan fingerprint density at radius 2 is 1.80 bits per heavy atom. The van der Waals surface area contributed by atoms with E-state index in [1.54, 1.807) is 18.2 Å². The van der Waals surface area contributed by atoms with Crippen molar-refractivity contribution in [3.63, 3.8) is 0 Å². The third-order valence-corrected chi connectivity index (χ3v) is 8.94. The molecule has 2 aliphatic heterocycles. The summed E-state index contributed by atoms with van der Waals surface area (Å²) in [6.07, 6.45) is 1.66. The van der Waals surface area contributed by atoms with Gasteiger partial charge in [0.05, 0.1) is 10.9 Å². The number of carbonyl (C=O) groups is 1. The molecule has 1 amide bonds. The van der Waals surface area contributed by atoms with Gasteiger partial charge in [0.15, 0.2) is 0 Å². The first-order valence-corrected chi connectivity index (χ1v) is 12.6. The molecule has 0 aliphatic carbocycles. The summed E-state index contributed by atoms with van der Waals surface area (Å²) in [7, 11) is -3.60. The average molecular weight is 469 g/mol. The number of nitrogens with zero attached hydrogens (tertiary/aromatic N) is 1. The van der Waals surface area contributed by atoms with E-state index in [4.69, 9.17) is 11.6 Å². The lowest BCUT2D eigenvalue weighted by Gasteiger charge is -2.32. The van der Waals surface area contributed by atoms with Gasteiger partial charge in [0.1, 0.15) is 5.82 Å². The molecule has 0 bridgehead atoms. The maximum Gasteiger partial charge on any atom is 0.243 e. The molecule has 0 aromatic heterocycles. The highest BCUT2D eigenvalue weighted by molar-refractivity contribution is 7.99. The molecule has 2 aliphatic rings. The molecule has 1 atom stereocenters. The number of rotatable bonds is 4. The molecular weight excluding hydrogens is 447 g/mol. The third-order valence-electron chi connectivity index (χ3n) is 5.62. The molecule has 2 heterocycles. The molecule has 0 spiro atoms. The van der Waals surface area contributed by atoms with Crippen molar-refractivity contribution in [3.8, 4) is 0 Å². The van der Waals surface area contributed by atoms with Crippen molar-refractivity contribution >= 4 is 39.3 Å². The Labute approximate surface area is 185 Å². The number of amides is 1. The Bertz CT molecular complexity index is 1040. The number of thioether (sulfide) groups is 1. The first-order valence-electron chi connectivity index (χ1n) is 9.83. The minimum absolute atomic E-state index is 0.0920. The fourth-order valence-electron chi connectivity index (χ4n) is 3.94. The largest absolute Gasteiger partial charge is 0.349 e. The molecular formula is C21H22ClFN2O3S2. The first kappa shape index (κ1) is 21.6. The molecule has 5 nitrogen and oxygen atoms in total. The molecule has 1 saturated heterocycles. The summed E-state index contributed by atoms with van der Waals surface area (Å²) in [6.45, 7) is 0.573. The predicted molar refractivity (Wildman–Crippen MR) is 116 cm³/mol. The number of fused-ring (bicyclic) bond motifs is 1. The minimum Gasteiger partial charge on any atom is -0.349 e. The maximum atomic E-state index is 14.1. The lowest BCUT2D eigenvalue weighted by Crippen LogP contribution is -2.44. The van der Waals surface area contributed by atoms with E-state index >= 15 is 0 Å². The lowest BCUT2D eigenvalue weighted by atomic mass is 9.95. The van der Waals surface area contributed by atoms with E-state index in [1.807, 2.05) is 6.07 Å². The predicted octanol–water partition coefficient (Wildman–Crippen LogP) is 4.23. The van der Waals surface area contributed by atoms with Crippen LogP contribution in [0.3, 0.4) is 0 Å². The Balaban J connectivity index is 1.39. The Hall–Kier alpha value is -1.61. The van der Waals surface area contributed by atoms with Crippen molar-refractivity contribution in [1.29, 1.82) is 0 Å². The molecule has 2 aromatic carbocycles. The van der Waals surface area contributed by atoms with Gasteiger partial charge < -0.3 is 5.32 Å². The number of carbonyl (C=O) groups excluding carboxylic acids is 1. The SMILES string of the molecule is O=C(NC1CCSc2c(F)cccc21)C1CCN(S(=O)(=O)c2ccc(Cl)cc2)CC1. The van der Waals surface area contributed by atoms with Crippen molar-refractivity contribution in [2.24, 2.45) is 5.92 Å². The number of hydrogen-bond donors (Lipinski definition) is 1. The second kappa shape index (κ2) is 8.86. The molecule has 30 heavy (non-hydrogen) atoms. The van der Waals surface area contributed by atoms with E-state index in [-0.39, 0.29) is 41.7 Å². The van der Waals surface area contributed by atoms with Gasteiger partial charge in [0.25, 0.3) is 0 Å². The summed E-state index contributed by atoms with van der Waals surface area (Å²) >= 11 is 7.32. The summed E-state index contributed by atoms with van der Waals surface area (Å²) in [4.78, 5) is 13.6. The zero-order valence-corrected chi connectivity index (χ0v) is 18.6. The highest BCUT2D eigenvalue weighted by Gasteiger charge is 2.33. The monoisotopic (exact) mass is 468 g/mol. The smallest absolute Gasteiger partial charge is 0.243 e. The minimum atomic E-state index is -3.60. The van der Waals surface area contributed by atoms with Gasteiger partial charge >= 0.3 is 0 Å². The van der Waals surface area contributed by atoms with Crippen molar-refractivity contribution in [2.45, 2.75) is 35.1 Å². The molecule has 4 rings (SSSR count). The summed E-state index contributed by atoms with van der Waals surface area (Å²) in [6, 6.07) is 10.8. The van der Waals surface area contributed by atoms with Gasteiger partial charge in [-0.05, 0) is 55.2 Å². The summed E-state index contributed by atoms with van der Waals surface area (Å²) in [5.41, 5.74) is 0.822. The summed E-state index contributed by atoms with van der Waals surface area (Å²) in [5.74, 6) is 0.146. The molecule has 2 aromatic rings. The summed E-state index contributed by atoms with van der Waals surface area (Å²) in [5, 5.41) is 3.54. The van der Waals surface area contributed by atoms with Crippen LogP contribution in [0.25, 0.3) is 0 Å². The van der Waals surface area contributed by atoms with Crippen LogP contribution >= 0.6 is 23.4 Å². The van der Waals surface area contributed by atoms with Crippen LogP contribution < -0.4 is 5.32 Å². The van der Waals surface area contributed by atoms with Crippen molar-refractivity contribution in [3.05, 3.63) is 58.9 Å². The highest BCUT2D eigenvalue weighted by Crippen LogP contribution is 2.38. The quantitative estimate of drug-likeness (QED) is 0.729. The average Bonchev–Trinajstić information content (AvgIpc) is 2.75. The van der Waals surface area contributed by atoms with Crippen LogP contribution in [0.1, 0.15) is 30.9 Å². The van der Waals surface area contributed by atoms with Crippen molar-refractivity contribution in [2.75, 3.05) is 18.8 Å². The zero-order valence-electron chi connectivity index (χ0n) is 16.2. The number of sulfonamides is 1. The highest BCUT2D eigenvalue weighted by atomic mass is 35.5. The van der Waals surface area contributed by atoms with Crippen LogP contribution in [-0.4, -0.2) is 37.5 Å². The first-order chi connectivity index (χ1) is 14.4. The van der Waals surface area contributed by atoms with E-state index in [0.717, 1.165) is 17.7 Å². The molecule has 160 valence electrons. The standard InChI is InChI=1S/C21H22ClFN2O3S2/c22-15-4-6-16(7-5-15)30(27,28)25-11-8-14(9-12-25)21(26)24-19-10-13-29-20-17(19)2-1-3-18(20)23/h1-7,14,19H,8-13H2,(H,24,26). The fraction of sp³-hybridized carbons (Fsp3) is 0.381. The van der Waals surface area contributed by atoms with Gasteiger partial charge in [-0.1, -0.05) is 23.7 Å². The van der Waals surface area contributed by atoms with Crippen LogP contribution in [0.4, 0.5) is 4.39 Å². The number of hydrogen-bond acceptors (Lipinski definition) is 4. The molecule has 0 radical (unpaired) electrons. The molecule has 1 fully saturated rings. The van der Waals surface area contributed by atoms with E-state index < -0.39 is 10.0 Å². The van der Waals surface area contributed by atoms with Gasteiger partial charge in [0.2, 0.25) is 15.9 Å². The molecule has 0 saturated carbocycles. The Morgan fingerprint density at radius 1 is 1.10 bits per heavy atom. The zero-order chi connectivity index (χ0) is 21.3. The van der Waals surface area contributed by atoms with E-state index in [1.165, 1.54) is 34.3 Å². The topological polar surface area (TPSA) is 66.5 Å². The second-order valence-corrected chi connectivity index (χ2v) is 11.0. The number of nitrogens with one attached hydrogen (secondary N) is 1. The van der Waals surface area contributed by atoms with Gasteiger partial charge in [-0.15, -0.1) is 11.8 Å². The molecule has 1 unspecified atom stereocenters. The number of benzene rings is 2. The van der Waals surface area contributed by atoms with Crippen LogP contribution in [0, 0.1) is 11.7 Å². The normalized spacial score (nSPS) is 20.5. The van der Waals surface area contributed by atoms with Crippen LogP contribution in [-0.2, 0) is 14.8 Å². The maximum absolute atomic E-state index is 14.1. The Kier molecular flexibility index (Phi) is 6.39. The van der Waals surface area contributed by atoms with Gasteiger partial charge in [-0.3, -0.25) is 4.79 Å². The molecule has 9 heteroatoms. The molecule has 1 N–H and O–H groups in total. The lowest BCUT2D eigenvalue weighted by molar-refractivity contribution is -0.127. The third kappa shape index (κ3) is 4.37. The van der Waals surface area contributed by atoms with Gasteiger partial charge in [0, 0.05) is 34.7 Å². The van der Waals surface area contributed by atoms with Gasteiger partial charge in [-0.25, -0.2) is 12.8 Å². The van der Waals surface area contributed by atoms with Gasteiger partial charge in [-0.2, -0.15) is 4.31 Å². The van der Waals surface area contributed by atoms with E-state index in [9.17, 15) is 17.6 Å². The van der Waals surface area contributed by atoms with E-state index in [0.29, 0.717) is 22.8 Å². The van der Waals surface area contributed by atoms with E-state index in [2.05, 4.69) is 5.32 Å². The fourth-order valence-corrected chi connectivity index (χ4v) is 6.68. The van der Waals surface area contributed by atoms with Crippen LogP contribution in [0.5, 0.6) is 0 Å². The second-order valence-electron chi connectivity index (χ2n) is 7.49. The van der Waals surface area contributed by atoms with Crippen LogP contribution in [0.15, 0.2) is 52.3 Å². The Morgan fingerprint density at radius 3 is 2.50 bits per heavy atom. The van der Waals surface area contributed by atoms with Crippen LogP contribution in [0.2, 0.25) is 5.02 Å². The van der Waals surface area contributed by atoms with Crippen molar-refractivity contribution < 1.29 is 17.6 Å². The number of halogens is 2.